The van der Waals surface area contributed by atoms with Gasteiger partial charge in [-0.3, -0.25) is 4.79 Å². The maximum Gasteiger partial charge on any atom is 0.224 e. The Morgan fingerprint density at radius 1 is 1.42 bits per heavy atom. The number of anilines is 2. The molecular formula is C15H21ClN2O. The number of halogens is 1. The zero-order valence-corrected chi connectivity index (χ0v) is 12.3. The quantitative estimate of drug-likeness (QED) is 0.816. The molecule has 1 fully saturated rings. The number of hydrogen-bond donors (Lipinski definition) is 2. The molecule has 4 heteroatoms. The molecule has 0 bridgehead atoms. The Labute approximate surface area is 119 Å². The highest BCUT2D eigenvalue weighted by Gasteiger charge is 2.30. The number of carbonyl (C=O) groups is 1. The van der Waals surface area contributed by atoms with E-state index < -0.39 is 0 Å². The minimum atomic E-state index is 0.0162. The van der Waals surface area contributed by atoms with Gasteiger partial charge in [-0.25, -0.2) is 0 Å². The third-order valence-electron chi connectivity index (χ3n) is 3.54. The molecule has 1 aliphatic rings. The minimum absolute atomic E-state index is 0.0162. The van der Waals surface area contributed by atoms with Crippen LogP contribution in [0.25, 0.3) is 0 Å². The lowest BCUT2D eigenvalue weighted by atomic mass is 10.1. The summed E-state index contributed by atoms with van der Waals surface area (Å²) < 4.78 is 0. The van der Waals surface area contributed by atoms with Crippen LogP contribution in [-0.4, -0.2) is 11.9 Å². The summed E-state index contributed by atoms with van der Waals surface area (Å²) in [6.45, 7) is 4.03. The molecule has 1 aliphatic carbocycles. The van der Waals surface area contributed by atoms with Crippen LogP contribution < -0.4 is 10.6 Å². The van der Waals surface area contributed by atoms with E-state index in [4.69, 9.17) is 11.6 Å². The number of amides is 1. The Balaban J connectivity index is 2.09. The lowest BCUT2D eigenvalue weighted by Gasteiger charge is -2.19. The van der Waals surface area contributed by atoms with Gasteiger partial charge in [0, 0.05) is 18.2 Å². The van der Waals surface area contributed by atoms with E-state index in [1.807, 2.05) is 25.1 Å². The van der Waals surface area contributed by atoms with Gasteiger partial charge >= 0.3 is 0 Å². The molecule has 1 aromatic rings. The molecule has 104 valence electrons. The SMILES string of the molecule is CCC(=O)Nc1ccc(Cl)c(NC(CC)C2CC2)c1. The summed E-state index contributed by atoms with van der Waals surface area (Å²) in [5, 5.41) is 7.07. The van der Waals surface area contributed by atoms with Crippen LogP contribution in [0.1, 0.15) is 39.5 Å². The molecule has 1 atom stereocenters. The molecule has 1 aromatic carbocycles. The van der Waals surface area contributed by atoms with Crippen molar-refractivity contribution in [2.75, 3.05) is 10.6 Å². The first-order valence-corrected chi connectivity index (χ1v) is 7.37. The molecule has 2 rings (SSSR count). The number of nitrogens with one attached hydrogen (secondary N) is 2. The molecule has 2 N–H and O–H groups in total. The molecule has 0 heterocycles. The third-order valence-corrected chi connectivity index (χ3v) is 3.87. The first kappa shape index (κ1) is 14.2. The molecule has 0 saturated heterocycles. The minimum Gasteiger partial charge on any atom is -0.381 e. The van der Waals surface area contributed by atoms with Crippen LogP contribution in [0.3, 0.4) is 0 Å². The highest BCUT2D eigenvalue weighted by Crippen LogP contribution is 2.37. The fraction of sp³-hybridized carbons (Fsp3) is 0.533. The Kier molecular flexibility index (Phi) is 4.70. The summed E-state index contributed by atoms with van der Waals surface area (Å²) in [4.78, 5) is 11.4. The molecule has 1 unspecified atom stereocenters. The maximum absolute atomic E-state index is 11.4. The van der Waals surface area contributed by atoms with Crippen LogP contribution in [0.4, 0.5) is 11.4 Å². The molecular weight excluding hydrogens is 260 g/mol. The van der Waals surface area contributed by atoms with Gasteiger partial charge < -0.3 is 10.6 Å². The van der Waals surface area contributed by atoms with E-state index in [2.05, 4.69) is 17.6 Å². The summed E-state index contributed by atoms with van der Waals surface area (Å²) in [6, 6.07) is 6.06. The van der Waals surface area contributed by atoms with Crippen LogP contribution in [0, 0.1) is 5.92 Å². The first-order valence-electron chi connectivity index (χ1n) is 7.00. The number of carbonyl (C=O) groups excluding carboxylic acids is 1. The number of hydrogen-bond acceptors (Lipinski definition) is 2. The van der Waals surface area contributed by atoms with Gasteiger partial charge in [-0.2, -0.15) is 0 Å². The van der Waals surface area contributed by atoms with Crippen LogP contribution in [0.15, 0.2) is 18.2 Å². The average Bonchev–Trinajstić information content (AvgIpc) is 3.23. The number of rotatable bonds is 6. The van der Waals surface area contributed by atoms with Crippen molar-refractivity contribution in [1.82, 2.24) is 0 Å². The van der Waals surface area contributed by atoms with Crippen molar-refractivity contribution in [3.8, 4) is 0 Å². The zero-order valence-electron chi connectivity index (χ0n) is 11.5. The highest BCUT2D eigenvalue weighted by atomic mass is 35.5. The zero-order chi connectivity index (χ0) is 13.8. The maximum atomic E-state index is 11.4. The largest absolute Gasteiger partial charge is 0.381 e. The molecule has 0 spiro atoms. The third kappa shape index (κ3) is 3.87. The van der Waals surface area contributed by atoms with Crippen molar-refractivity contribution in [3.63, 3.8) is 0 Å². The second-order valence-electron chi connectivity index (χ2n) is 5.09. The predicted octanol–water partition coefficient (Wildman–Crippen LogP) is 4.29. The van der Waals surface area contributed by atoms with E-state index in [0.717, 1.165) is 23.7 Å². The van der Waals surface area contributed by atoms with Gasteiger partial charge in [0.25, 0.3) is 0 Å². The van der Waals surface area contributed by atoms with Gasteiger partial charge in [0.1, 0.15) is 0 Å². The predicted molar refractivity (Wildman–Crippen MR) is 80.8 cm³/mol. The monoisotopic (exact) mass is 280 g/mol. The van der Waals surface area contributed by atoms with E-state index in [9.17, 15) is 4.79 Å². The van der Waals surface area contributed by atoms with Crippen LogP contribution in [0.2, 0.25) is 5.02 Å². The van der Waals surface area contributed by atoms with Crippen molar-refractivity contribution < 1.29 is 4.79 Å². The molecule has 0 aliphatic heterocycles. The van der Waals surface area contributed by atoms with Crippen molar-refractivity contribution >= 4 is 28.9 Å². The molecule has 1 saturated carbocycles. The number of benzene rings is 1. The normalized spacial score (nSPS) is 15.9. The van der Waals surface area contributed by atoms with E-state index in [1.54, 1.807) is 0 Å². The Bertz CT molecular complexity index is 457. The molecule has 19 heavy (non-hydrogen) atoms. The Hall–Kier alpha value is -1.22. The first-order chi connectivity index (χ1) is 9.13. The van der Waals surface area contributed by atoms with Crippen molar-refractivity contribution in [2.24, 2.45) is 5.92 Å². The van der Waals surface area contributed by atoms with Crippen LogP contribution in [0.5, 0.6) is 0 Å². The lowest BCUT2D eigenvalue weighted by molar-refractivity contribution is -0.115. The van der Waals surface area contributed by atoms with Gasteiger partial charge in [-0.05, 0) is 43.4 Å². The summed E-state index contributed by atoms with van der Waals surface area (Å²) in [7, 11) is 0. The Morgan fingerprint density at radius 2 is 2.16 bits per heavy atom. The van der Waals surface area contributed by atoms with Crippen molar-refractivity contribution in [3.05, 3.63) is 23.2 Å². The summed E-state index contributed by atoms with van der Waals surface area (Å²) in [5.41, 5.74) is 1.71. The molecule has 3 nitrogen and oxygen atoms in total. The van der Waals surface area contributed by atoms with E-state index in [1.165, 1.54) is 12.8 Å². The molecule has 1 amide bonds. The van der Waals surface area contributed by atoms with Crippen molar-refractivity contribution in [1.29, 1.82) is 0 Å². The second kappa shape index (κ2) is 6.29. The Morgan fingerprint density at radius 3 is 2.74 bits per heavy atom. The van der Waals surface area contributed by atoms with Crippen LogP contribution in [-0.2, 0) is 4.79 Å². The fourth-order valence-electron chi connectivity index (χ4n) is 2.21. The van der Waals surface area contributed by atoms with E-state index in [-0.39, 0.29) is 5.91 Å². The van der Waals surface area contributed by atoms with E-state index >= 15 is 0 Å². The highest BCUT2D eigenvalue weighted by molar-refractivity contribution is 6.33. The molecule has 0 aromatic heterocycles. The lowest BCUT2D eigenvalue weighted by Crippen LogP contribution is -2.21. The fourth-order valence-corrected chi connectivity index (χ4v) is 2.39. The van der Waals surface area contributed by atoms with Crippen molar-refractivity contribution in [2.45, 2.75) is 45.6 Å². The second-order valence-corrected chi connectivity index (χ2v) is 5.50. The summed E-state index contributed by atoms with van der Waals surface area (Å²) in [5.74, 6) is 0.789. The van der Waals surface area contributed by atoms with Gasteiger partial charge in [-0.1, -0.05) is 25.4 Å². The van der Waals surface area contributed by atoms with E-state index in [0.29, 0.717) is 17.5 Å². The van der Waals surface area contributed by atoms with Gasteiger partial charge in [0.2, 0.25) is 5.91 Å². The molecule has 0 radical (unpaired) electrons. The summed E-state index contributed by atoms with van der Waals surface area (Å²) in [6.07, 6.45) is 4.17. The smallest absolute Gasteiger partial charge is 0.224 e. The van der Waals surface area contributed by atoms with Gasteiger partial charge in [0.15, 0.2) is 0 Å². The van der Waals surface area contributed by atoms with Gasteiger partial charge in [-0.15, -0.1) is 0 Å². The average molecular weight is 281 g/mol. The van der Waals surface area contributed by atoms with Gasteiger partial charge in [0.05, 0.1) is 10.7 Å². The van der Waals surface area contributed by atoms with Crippen LogP contribution >= 0.6 is 11.6 Å². The summed E-state index contributed by atoms with van der Waals surface area (Å²) >= 11 is 6.22. The topological polar surface area (TPSA) is 41.1 Å². The standard InChI is InChI=1S/C15H21ClN2O/c1-3-13(10-5-6-10)18-14-9-11(7-8-12(14)16)17-15(19)4-2/h7-10,13,18H,3-6H2,1-2H3,(H,17,19).